The molecule has 0 unspecified atom stereocenters. The summed E-state index contributed by atoms with van der Waals surface area (Å²) < 4.78 is 0. The van der Waals surface area contributed by atoms with Gasteiger partial charge in [-0.25, -0.2) is 5.84 Å². The van der Waals surface area contributed by atoms with Crippen molar-refractivity contribution in [2.75, 3.05) is 25.6 Å². The summed E-state index contributed by atoms with van der Waals surface area (Å²) in [6, 6.07) is 0. The van der Waals surface area contributed by atoms with Crippen molar-refractivity contribution in [3.63, 3.8) is 0 Å². The van der Waals surface area contributed by atoms with Gasteiger partial charge in [0, 0.05) is 6.54 Å². The van der Waals surface area contributed by atoms with Gasteiger partial charge in [0.2, 0.25) is 11.0 Å². The molecule has 0 saturated carbocycles. The summed E-state index contributed by atoms with van der Waals surface area (Å²) in [6.45, 7) is 3.46. The third-order valence-corrected chi connectivity index (χ3v) is 2.62. The largest absolute Gasteiger partial charge is 0.355 e. The first-order chi connectivity index (χ1) is 7.65. The van der Waals surface area contributed by atoms with Gasteiger partial charge in [-0.3, -0.25) is 15.1 Å². The highest BCUT2D eigenvalue weighted by Gasteiger charge is 2.09. The number of nitrogens with one attached hydrogen (secondary N) is 2. The van der Waals surface area contributed by atoms with Crippen molar-refractivity contribution in [2.45, 2.75) is 13.5 Å². The van der Waals surface area contributed by atoms with Crippen LogP contribution in [0.25, 0.3) is 0 Å². The Morgan fingerprint density at radius 2 is 2.31 bits per heavy atom. The molecule has 8 heteroatoms. The maximum absolute atomic E-state index is 11.3. The monoisotopic (exact) mass is 244 g/mol. The van der Waals surface area contributed by atoms with E-state index < -0.39 is 0 Å². The van der Waals surface area contributed by atoms with E-state index in [1.807, 2.05) is 18.9 Å². The lowest BCUT2D eigenvalue weighted by Crippen LogP contribution is -2.34. The quantitative estimate of drug-likeness (QED) is 0.456. The number of nitrogens with zero attached hydrogens (tertiary/aromatic N) is 3. The summed E-state index contributed by atoms with van der Waals surface area (Å²) in [7, 11) is 1.85. The van der Waals surface area contributed by atoms with Crippen molar-refractivity contribution >= 4 is 22.4 Å². The van der Waals surface area contributed by atoms with Gasteiger partial charge in [-0.2, -0.15) is 0 Å². The number of amides is 1. The Morgan fingerprint density at radius 3 is 2.88 bits per heavy atom. The van der Waals surface area contributed by atoms with Crippen LogP contribution in [0.1, 0.15) is 11.9 Å². The SMILES string of the molecule is CCNC(=O)CN(C)Cc1nnc(NN)s1. The molecule has 1 heterocycles. The average molecular weight is 244 g/mol. The van der Waals surface area contributed by atoms with E-state index in [1.54, 1.807) is 0 Å². The molecule has 0 aliphatic rings. The molecule has 0 bridgehead atoms. The van der Waals surface area contributed by atoms with E-state index in [2.05, 4.69) is 20.9 Å². The topological polar surface area (TPSA) is 96.2 Å². The predicted octanol–water partition coefficient (Wildman–Crippen LogP) is -0.608. The molecule has 1 aromatic heterocycles. The molecular formula is C8H16N6OS. The molecule has 4 N–H and O–H groups in total. The van der Waals surface area contributed by atoms with E-state index in [1.165, 1.54) is 11.3 Å². The molecule has 0 fully saturated rings. The first-order valence-corrected chi connectivity index (χ1v) is 5.71. The third kappa shape index (κ3) is 4.09. The standard InChI is InChI=1S/C8H16N6OS/c1-3-10-6(15)4-14(2)5-7-12-13-8(11-9)16-7/h3-5,9H2,1-2H3,(H,10,15)(H,11,13). The number of nitrogens with two attached hydrogens (primary N) is 1. The fourth-order valence-corrected chi connectivity index (χ4v) is 1.89. The number of hydrogen-bond acceptors (Lipinski definition) is 7. The molecule has 7 nitrogen and oxygen atoms in total. The number of hydrazine groups is 1. The molecule has 90 valence electrons. The molecule has 0 radical (unpaired) electrons. The van der Waals surface area contributed by atoms with Crippen LogP contribution in [0.5, 0.6) is 0 Å². The lowest BCUT2D eigenvalue weighted by atomic mass is 10.5. The zero-order chi connectivity index (χ0) is 12.0. The van der Waals surface area contributed by atoms with Crippen LogP contribution < -0.4 is 16.6 Å². The smallest absolute Gasteiger partial charge is 0.234 e. The Bertz CT molecular complexity index is 341. The lowest BCUT2D eigenvalue weighted by molar-refractivity contribution is -0.121. The van der Waals surface area contributed by atoms with Crippen LogP contribution >= 0.6 is 11.3 Å². The van der Waals surface area contributed by atoms with Gasteiger partial charge >= 0.3 is 0 Å². The molecule has 0 aliphatic heterocycles. The highest BCUT2D eigenvalue weighted by atomic mass is 32.1. The lowest BCUT2D eigenvalue weighted by Gasteiger charge is -2.13. The molecule has 1 rings (SSSR count). The number of carbonyl (C=O) groups is 1. The van der Waals surface area contributed by atoms with E-state index in [0.717, 1.165) is 5.01 Å². The van der Waals surface area contributed by atoms with Crippen LogP contribution in [0.15, 0.2) is 0 Å². The van der Waals surface area contributed by atoms with Crippen LogP contribution in [-0.4, -0.2) is 41.1 Å². The summed E-state index contributed by atoms with van der Waals surface area (Å²) in [5.74, 6) is 5.20. The van der Waals surface area contributed by atoms with Crippen molar-refractivity contribution in [2.24, 2.45) is 5.84 Å². The zero-order valence-electron chi connectivity index (χ0n) is 9.36. The van der Waals surface area contributed by atoms with Gasteiger partial charge < -0.3 is 5.32 Å². The van der Waals surface area contributed by atoms with Crippen molar-refractivity contribution in [1.82, 2.24) is 20.4 Å². The molecule has 0 saturated heterocycles. The Kier molecular flexibility index (Phi) is 5.09. The van der Waals surface area contributed by atoms with Gasteiger partial charge in [0.1, 0.15) is 5.01 Å². The van der Waals surface area contributed by atoms with E-state index in [9.17, 15) is 4.79 Å². The maximum Gasteiger partial charge on any atom is 0.234 e. The number of aromatic nitrogens is 2. The van der Waals surface area contributed by atoms with E-state index in [0.29, 0.717) is 24.8 Å². The van der Waals surface area contributed by atoms with Crippen LogP contribution in [0, 0.1) is 0 Å². The molecule has 16 heavy (non-hydrogen) atoms. The Morgan fingerprint density at radius 1 is 1.56 bits per heavy atom. The van der Waals surface area contributed by atoms with Gasteiger partial charge in [0.15, 0.2) is 0 Å². The second-order valence-corrected chi connectivity index (χ2v) is 4.33. The van der Waals surface area contributed by atoms with Crippen molar-refractivity contribution in [3.05, 3.63) is 5.01 Å². The molecule has 0 aliphatic carbocycles. The molecule has 1 aromatic rings. The van der Waals surface area contributed by atoms with Gasteiger partial charge in [-0.1, -0.05) is 11.3 Å². The van der Waals surface area contributed by atoms with Gasteiger partial charge in [0.25, 0.3) is 0 Å². The summed E-state index contributed by atoms with van der Waals surface area (Å²) in [5, 5.41) is 11.9. The fraction of sp³-hybridized carbons (Fsp3) is 0.625. The number of rotatable bonds is 6. The van der Waals surface area contributed by atoms with Crippen molar-refractivity contribution in [3.8, 4) is 0 Å². The Balaban J connectivity index is 2.38. The van der Waals surface area contributed by atoms with Crippen LogP contribution in [-0.2, 0) is 11.3 Å². The summed E-state index contributed by atoms with van der Waals surface area (Å²) >= 11 is 1.37. The highest BCUT2D eigenvalue weighted by Crippen LogP contribution is 2.14. The Hall–Kier alpha value is -1.25. The minimum atomic E-state index is 0.00619. The van der Waals surface area contributed by atoms with E-state index in [-0.39, 0.29) is 5.91 Å². The number of likely N-dealkylation sites (N-methyl/N-ethyl adjacent to an activating group) is 2. The molecular weight excluding hydrogens is 228 g/mol. The summed E-state index contributed by atoms with van der Waals surface area (Å²) in [4.78, 5) is 13.2. The van der Waals surface area contributed by atoms with E-state index >= 15 is 0 Å². The third-order valence-electron chi connectivity index (χ3n) is 1.78. The molecule has 0 spiro atoms. The normalized spacial score (nSPS) is 10.5. The second kappa shape index (κ2) is 6.36. The second-order valence-electron chi connectivity index (χ2n) is 3.27. The van der Waals surface area contributed by atoms with Gasteiger partial charge in [-0.15, -0.1) is 10.2 Å². The first-order valence-electron chi connectivity index (χ1n) is 4.90. The number of nitrogen functional groups attached to an aromatic ring is 1. The average Bonchev–Trinajstić information content (AvgIpc) is 2.65. The minimum Gasteiger partial charge on any atom is -0.355 e. The predicted molar refractivity (Wildman–Crippen MR) is 62.7 cm³/mol. The maximum atomic E-state index is 11.3. The van der Waals surface area contributed by atoms with Crippen LogP contribution in [0.4, 0.5) is 5.13 Å². The van der Waals surface area contributed by atoms with Gasteiger partial charge in [0.05, 0.1) is 13.1 Å². The number of anilines is 1. The summed E-state index contributed by atoms with van der Waals surface area (Å²) in [5.41, 5.74) is 2.43. The van der Waals surface area contributed by atoms with Crippen LogP contribution in [0.3, 0.4) is 0 Å². The van der Waals surface area contributed by atoms with Crippen molar-refractivity contribution < 1.29 is 4.79 Å². The number of carbonyl (C=O) groups excluding carboxylic acids is 1. The molecule has 0 atom stereocenters. The zero-order valence-corrected chi connectivity index (χ0v) is 10.2. The van der Waals surface area contributed by atoms with E-state index in [4.69, 9.17) is 5.84 Å². The first kappa shape index (κ1) is 12.8. The Labute approximate surface area is 98.0 Å². The number of hydrogen-bond donors (Lipinski definition) is 3. The van der Waals surface area contributed by atoms with Gasteiger partial charge in [-0.05, 0) is 14.0 Å². The summed E-state index contributed by atoms with van der Waals surface area (Å²) in [6.07, 6.45) is 0. The van der Waals surface area contributed by atoms with Crippen LogP contribution in [0.2, 0.25) is 0 Å². The highest BCUT2D eigenvalue weighted by molar-refractivity contribution is 7.15. The molecule has 1 amide bonds. The molecule has 0 aromatic carbocycles. The fourth-order valence-electron chi connectivity index (χ4n) is 1.16. The minimum absolute atomic E-state index is 0.00619. The van der Waals surface area contributed by atoms with Crippen molar-refractivity contribution in [1.29, 1.82) is 0 Å².